The molecule has 0 radical (unpaired) electrons. The lowest BCUT2D eigenvalue weighted by Crippen LogP contribution is -2.40. The lowest BCUT2D eigenvalue weighted by molar-refractivity contribution is -0.0605. The van der Waals surface area contributed by atoms with Crippen LogP contribution in [0.25, 0.3) is 0 Å². The van der Waals surface area contributed by atoms with Crippen LogP contribution < -0.4 is 9.47 Å². The van der Waals surface area contributed by atoms with E-state index in [1.54, 1.807) is 50.6 Å². The molecule has 2 aromatic carbocycles. The second kappa shape index (κ2) is 5.42. The van der Waals surface area contributed by atoms with Crippen molar-refractivity contribution in [3.8, 4) is 23.0 Å². The monoisotopic (exact) mass is 302 g/mol. The summed E-state index contributed by atoms with van der Waals surface area (Å²) in [5, 5.41) is 19.8. The fraction of sp³-hybridized carbons (Fsp3) is 0.294. The van der Waals surface area contributed by atoms with Crippen LogP contribution in [-0.4, -0.2) is 31.0 Å². The summed E-state index contributed by atoms with van der Waals surface area (Å²) in [7, 11) is 3.14. The lowest BCUT2D eigenvalue weighted by Gasteiger charge is -2.37. The Morgan fingerprint density at radius 1 is 1.09 bits per heavy atom. The first-order valence-electron chi connectivity index (χ1n) is 6.95. The Labute approximate surface area is 128 Å². The second-order valence-corrected chi connectivity index (χ2v) is 5.34. The number of methoxy groups -OCH3 is 2. The van der Waals surface area contributed by atoms with E-state index in [1.165, 1.54) is 0 Å². The molecule has 1 aliphatic rings. The van der Waals surface area contributed by atoms with E-state index in [0.717, 1.165) is 5.56 Å². The van der Waals surface area contributed by atoms with E-state index in [0.29, 0.717) is 23.5 Å². The summed E-state index contributed by atoms with van der Waals surface area (Å²) in [6.45, 7) is 0.250. The summed E-state index contributed by atoms with van der Waals surface area (Å²) >= 11 is 0. The van der Waals surface area contributed by atoms with Gasteiger partial charge in [-0.2, -0.15) is 0 Å². The molecule has 0 aliphatic carbocycles. The number of phenols is 2. The topological polar surface area (TPSA) is 68.2 Å². The number of ether oxygens (including phenoxy) is 3. The molecule has 5 heteroatoms. The first kappa shape index (κ1) is 14.5. The van der Waals surface area contributed by atoms with Gasteiger partial charge in [0.15, 0.2) is 0 Å². The van der Waals surface area contributed by atoms with Crippen LogP contribution in [0.5, 0.6) is 23.0 Å². The Bertz CT molecular complexity index is 697. The molecular formula is C17H18O5. The first-order valence-corrected chi connectivity index (χ1v) is 6.95. The van der Waals surface area contributed by atoms with Crippen molar-refractivity contribution in [1.29, 1.82) is 0 Å². The molecule has 2 N–H and O–H groups in total. The largest absolute Gasteiger partial charge is 0.508 e. The zero-order chi connectivity index (χ0) is 15.7. The van der Waals surface area contributed by atoms with Crippen LogP contribution in [0.3, 0.4) is 0 Å². The molecule has 2 aromatic rings. The van der Waals surface area contributed by atoms with Gasteiger partial charge in [-0.05, 0) is 23.8 Å². The van der Waals surface area contributed by atoms with Crippen molar-refractivity contribution in [1.82, 2.24) is 0 Å². The maximum absolute atomic E-state index is 10.3. The maximum Gasteiger partial charge on any atom is 0.134 e. The molecule has 1 heterocycles. The molecule has 5 nitrogen and oxygen atoms in total. The Morgan fingerprint density at radius 3 is 2.59 bits per heavy atom. The van der Waals surface area contributed by atoms with Gasteiger partial charge >= 0.3 is 0 Å². The zero-order valence-corrected chi connectivity index (χ0v) is 12.5. The third-order valence-electron chi connectivity index (χ3n) is 4.07. The van der Waals surface area contributed by atoms with Gasteiger partial charge in [-0.3, -0.25) is 0 Å². The standard InChI is InChI=1S/C17H18O5/c1-20-13-5-6-14(15(19)8-13)17(21-2)9-11-3-4-12(18)7-16(11)22-10-17/h3-8,18-19H,9-10H2,1-2H3. The minimum absolute atomic E-state index is 0.104. The molecule has 0 bridgehead atoms. The molecule has 1 atom stereocenters. The highest BCUT2D eigenvalue weighted by Gasteiger charge is 2.40. The van der Waals surface area contributed by atoms with Crippen LogP contribution in [0, 0.1) is 0 Å². The SMILES string of the molecule is COc1ccc(C2(OC)COc3cc(O)ccc3C2)c(O)c1. The van der Waals surface area contributed by atoms with Crippen molar-refractivity contribution in [2.75, 3.05) is 20.8 Å². The van der Waals surface area contributed by atoms with Crippen molar-refractivity contribution in [3.63, 3.8) is 0 Å². The lowest BCUT2D eigenvalue weighted by atomic mass is 9.85. The minimum Gasteiger partial charge on any atom is -0.508 e. The summed E-state index contributed by atoms with van der Waals surface area (Å²) in [5.74, 6) is 1.48. The quantitative estimate of drug-likeness (QED) is 0.912. The van der Waals surface area contributed by atoms with Crippen LogP contribution in [-0.2, 0) is 16.8 Å². The third-order valence-corrected chi connectivity index (χ3v) is 4.07. The van der Waals surface area contributed by atoms with E-state index >= 15 is 0 Å². The van der Waals surface area contributed by atoms with Crippen LogP contribution >= 0.6 is 0 Å². The Kier molecular flexibility index (Phi) is 3.58. The van der Waals surface area contributed by atoms with Crippen LogP contribution in [0.1, 0.15) is 11.1 Å². The smallest absolute Gasteiger partial charge is 0.134 e. The molecule has 3 rings (SSSR count). The number of hydrogen-bond donors (Lipinski definition) is 2. The molecule has 0 spiro atoms. The highest BCUT2D eigenvalue weighted by atomic mass is 16.5. The third kappa shape index (κ3) is 2.33. The van der Waals surface area contributed by atoms with Gasteiger partial charge in [-0.1, -0.05) is 6.07 Å². The number of aromatic hydroxyl groups is 2. The first-order chi connectivity index (χ1) is 10.6. The Morgan fingerprint density at radius 2 is 1.91 bits per heavy atom. The van der Waals surface area contributed by atoms with E-state index < -0.39 is 5.60 Å². The molecule has 0 amide bonds. The number of fused-ring (bicyclic) bond motifs is 1. The molecule has 116 valence electrons. The van der Waals surface area contributed by atoms with Crippen molar-refractivity contribution in [3.05, 3.63) is 47.5 Å². The predicted molar refractivity (Wildman–Crippen MR) is 80.7 cm³/mol. The summed E-state index contributed by atoms with van der Waals surface area (Å²) in [4.78, 5) is 0. The van der Waals surface area contributed by atoms with E-state index in [1.807, 2.05) is 0 Å². The van der Waals surface area contributed by atoms with Crippen molar-refractivity contribution in [2.45, 2.75) is 12.0 Å². The average Bonchev–Trinajstić information content (AvgIpc) is 2.54. The van der Waals surface area contributed by atoms with Crippen LogP contribution in [0.2, 0.25) is 0 Å². The molecule has 1 aliphatic heterocycles. The highest BCUT2D eigenvalue weighted by Crippen LogP contribution is 2.42. The van der Waals surface area contributed by atoms with E-state index in [-0.39, 0.29) is 18.1 Å². The summed E-state index contributed by atoms with van der Waals surface area (Å²) < 4.78 is 16.6. The van der Waals surface area contributed by atoms with Gasteiger partial charge in [0.1, 0.15) is 35.2 Å². The molecule has 0 saturated heterocycles. The summed E-state index contributed by atoms with van der Waals surface area (Å²) in [6, 6.07) is 10.1. The fourth-order valence-corrected chi connectivity index (χ4v) is 2.81. The van der Waals surface area contributed by atoms with E-state index in [2.05, 4.69) is 0 Å². The maximum atomic E-state index is 10.3. The van der Waals surface area contributed by atoms with Gasteiger partial charge in [0.05, 0.1) is 7.11 Å². The summed E-state index contributed by atoms with van der Waals surface area (Å²) in [5.41, 5.74) is 0.788. The van der Waals surface area contributed by atoms with Gasteiger partial charge in [0.2, 0.25) is 0 Å². The van der Waals surface area contributed by atoms with Gasteiger partial charge in [0, 0.05) is 31.2 Å². The number of benzene rings is 2. The van der Waals surface area contributed by atoms with Gasteiger partial charge < -0.3 is 24.4 Å². The van der Waals surface area contributed by atoms with Crippen molar-refractivity contribution < 1.29 is 24.4 Å². The molecule has 22 heavy (non-hydrogen) atoms. The zero-order valence-electron chi connectivity index (χ0n) is 12.5. The Hall–Kier alpha value is -2.40. The van der Waals surface area contributed by atoms with Crippen molar-refractivity contribution >= 4 is 0 Å². The molecule has 0 aromatic heterocycles. The predicted octanol–water partition coefficient (Wildman–Crippen LogP) is 2.58. The summed E-state index contributed by atoms with van der Waals surface area (Å²) in [6.07, 6.45) is 0.541. The van der Waals surface area contributed by atoms with Gasteiger partial charge in [0.25, 0.3) is 0 Å². The van der Waals surface area contributed by atoms with E-state index in [4.69, 9.17) is 14.2 Å². The fourth-order valence-electron chi connectivity index (χ4n) is 2.81. The van der Waals surface area contributed by atoms with Gasteiger partial charge in [-0.15, -0.1) is 0 Å². The van der Waals surface area contributed by atoms with Crippen LogP contribution in [0.4, 0.5) is 0 Å². The minimum atomic E-state index is -0.777. The van der Waals surface area contributed by atoms with Crippen molar-refractivity contribution in [2.24, 2.45) is 0 Å². The second-order valence-electron chi connectivity index (χ2n) is 5.34. The number of phenolic OH excluding ortho intramolecular Hbond substituents is 2. The Balaban J connectivity index is 2.02. The average molecular weight is 302 g/mol. The molecular weight excluding hydrogens is 284 g/mol. The molecule has 0 saturated carbocycles. The number of rotatable bonds is 3. The highest BCUT2D eigenvalue weighted by molar-refractivity contribution is 5.48. The molecule has 1 unspecified atom stereocenters. The van der Waals surface area contributed by atoms with E-state index in [9.17, 15) is 10.2 Å². The normalized spacial score (nSPS) is 20.1. The van der Waals surface area contributed by atoms with Crippen LogP contribution in [0.15, 0.2) is 36.4 Å². The van der Waals surface area contributed by atoms with Gasteiger partial charge in [-0.25, -0.2) is 0 Å². The number of hydrogen-bond acceptors (Lipinski definition) is 5. The molecule has 0 fully saturated rings.